The van der Waals surface area contributed by atoms with Gasteiger partial charge in [-0.25, -0.2) is 0 Å². The van der Waals surface area contributed by atoms with Crippen molar-refractivity contribution in [3.8, 4) is 0 Å². The fourth-order valence-electron chi connectivity index (χ4n) is 1.12. The predicted octanol–water partition coefficient (Wildman–Crippen LogP) is 3.35. The summed E-state index contributed by atoms with van der Waals surface area (Å²) in [6.45, 7) is 11.4. The maximum Gasteiger partial charge on any atom is 0.0531 e. The topological polar surface area (TPSA) is 9.23 Å². The van der Waals surface area contributed by atoms with Gasteiger partial charge < -0.3 is 4.74 Å². The molecule has 0 rings (SSSR count). The highest BCUT2D eigenvalue weighted by atomic mass is 16.5. The third-order valence-corrected chi connectivity index (χ3v) is 1.90. The van der Waals surface area contributed by atoms with Crippen LogP contribution >= 0.6 is 0 Å². The lowest BCUT2D eigenvalue weighted by molar-refractivity contribution is 0.127. The van der Waals surface area contributed by atoms with Crippen LogP contribution in [0.2, 0.25) is 0 Å². The van der Waals surface area contributed by atoms with Crippen molar-refractivity contribution in [2.45, 2.75) is 20.8 Å². The van der Waals surface area contributed by atoms with Crippen molar-refractivity contribution in [1.82, 2.24) is 0 Å². The first-order valence-electron chi connectivity index (χ1n) is 4.79. The Bertz CT molecular complexity index is 189. The van der Waals surface area contributed by atoms with Crippen LogP contribution in [0.15, 0.2) is 36.5 Å². The molecular formula is C12H20O. The van der Waals surface area contributed by atoms with E-state index in [0.717, 1.165) is 13.2 Å². The fraction of sp³-hybridized carbons (Fsp3) is 0.500. The molecule has 0 spiro atoms. The quantitative estimate of drug-likeness (QED) is 0.570. The molecule has 0 fully saturated rings. The number of allylic oxidation sites excluding steroid dienone is 4. The van der Waals surface area contributed by atoms with E-state index in [1.54, 1.807) is 6.08 Å². The van der Waals surface area contributed by atoms with Crippen molar-refractivity contribution in [3.63, 3.8) is 0 Å². The minimum atomic E-state index is 0.459. The molecule has 1 nitrogen and oxygen atoms in total. The van der Waals surface area contributed by atoms with E-state index in [9.17, 15) is 0 Å². The summed E-state index contributed by atoms with van der Waals surface area (Å²) in [5.74, 6) is 0.459. The van der Waals surface area contributed by atoms with Gasteiger partial charge in [0.2, 0.25) is 0 Å². The monoisotopic (exact) mass is 180 g/mol. The van der Waals surface area contributed by atoms with Crippen molar-refractivity contribution in [2.75, 3.05) is 13.2 Å². The van der Waals surface area contributed by atoms with Gasteiger partial charge in [0.25, 0.3) is 0 Å². The molecule has 0 radical (unpaired) electrons. The molecule has 0 aromatic carbocycles. The minimum absolute atomic E-state index is 0.459. The third kappa shape index (κ3) is 5.42. The van der Waals surface area contributed by atoms with Gasteiger partial charge in [-0.2, -0.15) is 0 Å². The van der Waals surface area contributed by atoms with Crippen LogP contribution in [-0.4, -0.2) is 13.2 Å². The molecule has 0 bridgehead atoms. The van der Waals surface area contributed by atoms with E-state index in [1.165, 1.54) is 5.57 Å². The Hall–Kier alpha value is -0.820. The predicted molar refractivity (Wildman–Crippen MR) is 58.8 cm³/mol. The zero-order valence-electron chi connectivity index (χ0n) is 8.92. The number of rotatable bonds is 6. The molecule has 1 heteroatoms. The summed E-state index contributed by atoms with van der Waals surface area (Å²) in [5, 5.41) is 0. The normalized spacial score (nSPS) is 14.8. The first-order chi connectivity index (χ1) is 6.26. The Labute approximate surface area is 81.8 Å². The lowest BCUT2D eigenvalue weighted by atomic mass is 10.0. The molecule has 0 saturated carbocycles. The highest BCUT2D eigenvalue weighted by Gasteiger charge is 2.03. The van der Waals surface area contributed by atoms with Gasteiger partial charge in [-0.05, 0) is 19.4 Å². The number of hydrogen-bond donors (Lipinski definition) is 0. The summed E-state index contributed by atoms with van der Waals surface area (Å²) in [6.07, 6.45) is 7.94. The molecule has 0 amide bonds. The summed E-state index contributed by atoms with van der Waals surface area (Å²) in [7, 11) is 0. The molecule has 74 valence electrons. The van der Waals surface area contributed by atoms with Crippen molar-refractivity contribution < 1.29 is 4.74 Å². The van der Waals surface area contributed by atoms with Gasteiger partial charge in [0.15, 0.2) is 0 Å². The summed E-state index contributed by atoms with van der Waals surface area (Å²) < 4.78 is 5.36. The average molecular weight is 180 g/mol. The second-order valence-corrected chi connectivity index (χ2v) is 2.94. The minimum Gasteiger partial charge on any atom is -0.381 e. The van der Waals surface area contributed by atoms with Gasteiger partial charge in [0.05, 0.1) is 6.61 Å². The van der Waals surface area contributed by atoms with Crippen LogP contribution < -0.4 is 0 Å². The Kier molecular flexibility index (Phi) is 7.32. The van der Waals surface area contributed by atoms with Crippen molar-refractivity contribution in [2.24, 2.45) is 5.92 Å². The van der Waals surface area contributed by atoms with E-state index in [-0.39, 0.29) is 0 Å². The van der Waals surface area contributed by atoms with Crippen LogP contribution in [0.1, 0.15) is 20.8 Å². The summed E-state index contributed by atoms with van der Waals surface area (Å²) in [5.41, 5.74) is 1.30. The summed E-state index contributed by atoms with van der Waals surface area (Å²) >= 11 is 0. The Morgan fingerprint density at radius 1 is 1.54 bits per heavy atom. The zero-order valence-corrected chi connectivity index (χ0v) is 8.92. The van der Waals surface area contributed by atoms with Crippen molar-refractivity contribution in [1.29, 1.82) is 0 Å². The fourth-order valence-corrected chi connectivity index (χ4v) is 1.12. The first-order valence-corrected chi connectivity index (χ1v) is 4.79. The van der Waals surface area contributed by atoms with Crippen LogP contribution in [0.3, 0.4) is 0 Å². The lowest BCUT2D eigenvalue weighted by Crippen LogP contribution is -2.07. The van der Waals surface area contributed by atoms with E-state index in [2.05, 4.69) is 25.7 Å². The maximum absolute atomic E-state index is 5.36. The molecular weight excluding hydrogens is 160 g/mol. The van der Waals surface area contributed by atoms with Crippen molar-refractivity contribution >= 4 is 0 Å². The van der Waals surface area contributed by atoms with E-state index >= 15 is 0 Å². The van der Waals surface area contributed by atoms with E-state index in [4.69, 9.17) is 4.74 Å². The van der Waals surface area contributed by atoms with Gasteiger partial charge in [-0.15, -0.1) is 0 Å². The second-order valence-electron chi connectivity index (χ2n) is 2.94. The van der Waals surface area contributed by atoms with Gasteiger partial charge in [-0.1, -0.05) is 37.8 Å². The Morgan fingerprint density at radius 3 is 2.69 bits per heavy atom. The maximum atomic E-state index is 5.36. The summed E-state index contributed by atoms with van der Waals surface area (Å²) in [4.78, 5) is 0. The van der Waals surface area contributed by atoms with Crippen LogP contribution in [0, 0.1) is 5.92 Å². The molecule has 1 unspecified atom stereocenters. The van der Waals surface area contributed by atoms with Gasteiger partial charge >= 0.3 is 0 Å². The Balaban J connectivity index is 4.08. The summed E-state index contributed by atoms with van der Waals surface area (Å²) in [6, 6.07) is 0. The first kappa shape index (κ1) is 12.2. The molecule has 0 saturated heterocycles. The molecule has 0 aromatic rings. The third-order valence-electron chi connectivity index (χ3n) is 1.90. The molecule has 0 heterocycles. The molecule has 0 aromatic heterocycles. The molecule has 0 N–H and O–H groups in total. The van der Waals surface area contributed by atoms with Crippen LogP contribution in [0.5, 0.6) is 0 Å². The average Bonchev–Trinajstić information content (AvgIpc) is 2.16. The number of ether oxygens (including phenoxy) is 1. The largest absolute Gasteiger partial charge is 0.381 e. The van der Waals surface area contributed by atoms with Crippen molar-refractivity contribution in [3.05, 3.63) is 36.5 Å². The van der Waals surface area contributed by atoms with E-state index in [0.29, 0.717) is 5.92 Å². The van der Waals surface area contributed by atoms with Gasteiger partial charge in [0.1, 0.15) is 0 Å². The lowest BCUT2D eigenvalue weighted by Gasteiger charge is -2.11. The molecule has 13 heavy (non-hydrogen) atoms. The SMILES string of the molecule is C=C/C=C\C(=C/C)C(C)COCC. The van der Waals surface area contributed by atoms with Crippen LogP contribution in [-0.2, 0) is 4.74 Å². The standard InChI is InChI=1S/C12H20O/c1-5-8-9-12(6-2)11(4)10-13-7-3/h5-6,8-9,11H,1,7,10H2,2-4H3/b9-8-,12-6+. The molecule has 0 aliphatic rings. The molecule has 0 aliphatic heterocycles. The Morgan fingerprint density at radius 2 is 2.23 bits per heavy atom. The van der Waals surface area contributed by atoms with E-state index < -0.39 is 0 Å². The van der Waals surface area contributed by atoms with Crippen LogP contribution in [0.25, 0.3) is 0 Å². The molecule has 0 aliphatic carbocycles. The number of hydrogen-bond acceptors (Lipinski definition) is 1. The van der Waals surface area contributed by atoms with E-state index in [1.807, 2.05) is 19.9 Å². The highest BCUT2D eigenvalue weighted by molar-refractivity contribution is 5.23. The van der Waals surface area contributed by atoms with Crippen LogP contribution in [0.4, 0.5) is 0 Å². The smallest absolute Gasteiger partial charge is 0.0531 e. The van der Waals surface area contributed by atoms with Gasteiger partial charge in [-0.3, -0.25) is 0 Å². The molecule has 1 atom stereocenters. The highest BCUT2D eigenvalue weighted by Crippen LogP contribution is 2.12. The van der Waals surface area contributed by atoms with Gasteiger partial charge in [0, 0.05) is 12.5 Å². The zero-order chi connectivity index (χ0) is 10.1. The second kappa shape index (κ2) is 7.81.